The molecule has 0 unspecified atom stereocenters. The highest BCUT2D eigenvalue weighted by Gasteiger charge is 2.08. The van der Waals surface area contributed by atoms with Crippen molar-refractivity contribution < 1.29 is 29.3 Å². The molecule has 0 aliphatic heterocycles. The molecule has 7 nitrogen and oxygen atoms in total. The molecule has 0 heterocycles. The summed E-state index contributed by atoms with van der Waals surface area (Å²) in [6, 6.07) is 3.51. The standard InChI is InChI=1S/C15H23Cl2NO2.C2H2O4/c1-11-9-12(16)10-13(17)14(11)20-8-7-19-6-5-18-15(2,3)4;3-1(4)2(5)6/h9-10,18H,5-8H2,1-4H3;(H,3,4)(H,5,6). The van der Waals surface area contributed by atoms with Gasteiger partial charge in [-0.3, -0.25) is 0 Å². The van der Waals surface area contributed by atoms with E-state index in [1.165, 1.54) is 0 Å². The largest absolute Gasteiger partial charge is 0.489 e. The van der Waals surface area contributed by atoms with E-state index in [0.29, 0.717) is 35.6 Å². The quantitative estimate of drug-likeness (QED) is 0.468. The van der Waals surface area contributed by atoms with Crippen LogP contribution < -0.4 is 10.1 Å². The van der Waals surface area contributed by atoms with Crippen LogP contribution in [0.1, 0.15) is 26.3 Å². The van der Waals surface area contributed by atoms with E-state index in [2.05, 4.69) is 26.1 Å². The molecule has 0 aliphatic rings. The normalized spacial score (nSPS) is 10.7. The van der Waals surface area contributed by atoms with Gasteiger partial charge in [-0.25, -0.2) is 9.59 Å². The van der Waals surface area contributed by atoms with Crippen molar-refractivity contribution in [2.45, 2.75) is 33.2 Å². The van der Waals surface area contributed by atoms with Crippen LogP contribution in [0.15, 0.2) is 12.1 Å². The third-order valence-corrected chi connectivity index (χ3v) is 3.25. The van der Waals surface area contributed by atoms with Crippen molar-refractivity contribution in [1.82, 2.24) is 5.32 Å². The Morgan fingerprint density at radius 2 is 1.65 bits per heavy atom. The second-order valence-electron chi connectivity index (χ2n) is 6.28. The molecule has 0 radical (unpaired) electrons. The van der Waals surface area contributed by atoms with Crippen LogP contribution in [-0.4, -0.2) is 54.1 Å². The molecule has 3 N–H and O–H groups in total. The number of carbonyl (C=O) groups is 2. The zero-order chi connectivity index (χ0) is 20.3. The summed E-state index contributed by atoms with van der Waals surface area (Å²) in [4.78, 5) is 18.2. The number of carboxylic acids is 2. The molecule has 0 atom stereocenters. The summed E-state index contributed by atoms with van der Waals surface area (Å²) in [7, 11) is 0. The molecular weight excluding hydrogens is 385 g/mol. The fourth-order valence-corrected chi connectivity index (χ4v) is 2.32. The number of aryl methyl sites for hydroxylation is 1. The fraction of sp³-hybridized carbons (Fsp3) is 0.529. The first-order valence-electron chi connectivity index (χ1n) is 7.81. The van der Waals surface area contributed by atoms with E-state index in [9.17, 15) is 0 Å². The molecule has 1 aromatic rings. The first-order chi connectivity index (χ1) is 11.9. The van der Waals surface area contributed by atoms with Gasteiger partial charge in [0.25, 0.3) is 0 Å². The lowest BCUT2D eigenvalue weighted by atomic mass is 10.1. The SMILES string of the molecule is Cc1cc(Cl)cc(Cl)c1OCCOCCNC(C)(C)C.O=C(O)C(=O)O. The molecule has 1 aromatic carbocycles. The molecule has 0 saturated carbocycles. The Labute approximate surface area is 163 Å². The van der Waals surface area contributed by atoms with Crippen molar-refractivity contribution in [2.24, 2.45) is 0 Å². The Hall–Kier alpha value is -1.54. The van der Waals surface area contributed by atoms with E-state index in [4.69, 9.17) is 52.5 Å². The van der Waals surface area contributed by atoms with Gasteiger partial charge in [0.05, 0.1) is 18.2 Å². The molecule has 0 spiro atoms. The van der Waals surface area contributed by atoms with Gasteiger partial charge in [-0.2, -0.15) is 0 Å². The smallest absolute Gasteiger partial charge is 0.414 e. The van der Waals surface area contributed by atoms with E-state index in [-0.39, 0.29) is 5.54 Å². The van der Waals surface area contributed by atoms with Gasteiger partial charge < -0.3 is 25.0 Å². The first-order valence-corrected chi connectivity index (χ1v) is 8.57. The topological polar surface area (TPSA) is 105 Å². The van der Waals surface area contributed by atoms with E-state index >= 15 is 0 Å². The van der Waals surface area contributed by atoms with Crippen LogP contribution in [0, 0.1) is 6.92 Å². The molecule has 0 saturated heterocycles. The summed E-state index contributed by atoms with van der Waals surface area (Å²) in [5.74, 6) is -2.97. The second kappa shape index (κ2) is 12.0. The third-order valence-electron chi connectivity index (χ3n) is 2.75. The lowest BCUT2D eigenvalue weighted by Gasteiger charge is -2.20. The average molecular weight is 410 g/mol. The highest BCUT2D eigenvalue weighted by atomic mass is 35.5. The summed E-state index contributed by atoms with van der Waals surface area (Å²) in [6.45, 7) is 10.8. The number of halogens is 2. The van der Waals surface area contributed by atoms with Crippen molar-refractivity contribution in [2.75, 3.05) is 26.4 Å². The summed E-state index contributed by atoms with van der Waals surface area (Å²) in [5.41, 5.74) is 1.05. The molecule has 0 bridgehead atoms. The van der Waals surface area contributed by atoms with Gasteiger partial charge >= 0.3 is 11.9 Å². The van der Waals surface area contributed by atoms with Gasteiger partial charge in [-0.1, -0.05) is 23.2 Å². The van der Waals surface area contributed by atoms with Gasteiger partial charge in [0.2, 0.25) is 0 Å². The minimum Gasteiger partial charge on any atom is -0.489 e. The Bertz CT molecular complexity index is 566. The highest BCUT2D eigenvalue weighted by molar-refractivity contribution is 6.35. The van der Waals surface area contributed by atoms with Crippen molar-refractivity contribution >= 4 is 35.1 Å². The maximum absolute atomic E-state index is 9.10. The number of hydrogen-bond acceptors (Lipinski definition) is 5. The van der Waals surface area contributed by atoms with Gasteiger partial charge in [0.15, 0.2) is 0 Å². The molecule has 0 fully saturated rings. The van der Waals surface area contributed by atoms with Crippen molar-refractivity contribution in [3.8, 4) is 5.75 Å². The van der Waals surface area contributed by atoms with E-state index in [0.717, 1.165) is 12.1 Å². The number of ether oxygens (including phenoxy) is 2. The summed E-state index contributed by atoms with van der Waals surface area (Å²) in [5, 5.41) is 19.3. The lowest BCUT2D eigenvalue weighted by Crippen LogP contribution is -2.38. The molecule has 9 heteroatoms. The van der Waals surface area contributed by atoms with Crippen molar-refractivity contribution in [3.63, 3.8) is 0 Å². The second-order valence-corrected chi connectivity index (χ2v) is 7.13. The Kier molecular flexibility index (Phi) is 11.2. The van der Waals surface area contributed by atoms with Crippen LogP contribution in [0.3, 0.4) is 0 Å². The molecule has 0 aliphatic carbocycles. The van der Waals surface area contributed by atoms with Gasteiger partial charge in [0, 0.05) is 17.1 Å². The zero-order valence-corrected chi connectivity index (χ0v) is 16.8. The van der Waals surface area contributed by atoms with E-state index in [1.807, 2.05) is 13.0 Å². The average Bonchev–Trinajstić information content (AvgIpc) is 2.47. The molecule has 1 rings (SSSR count). The van der Waals surface area contributed by atoms with Crippen LogP contribution >= 0.6 is 23.2 Å². The number of carboxylic acid groups (broad SMARTS) is 2. The molecule has 0 amide bonds. The molecular formula is C17H25Cl2NO6. The van der Waals surface area contributed by atoms with Gasteiger partial charge in [0.1, 0.15) is 12.4 Å². The zero-order valence-electron chi connectivity index (χ0n) is 15.3. The Morgan fingerprint density at radius 1 is 1.08 bits per heavy atom. The van der Waals surface area contributed by atoms with Crippen LogP contribution in [0.2, 0.25) is 10.0 Å². The predicted molar refractivity (Wildman–Crippen MR) is 101 cm³/mol. The minimum atomic E-state index is -1.82. The number of hydrogen-bond donors (Lipinski definition) is 3. The minimum absolute atomic E-state index is 0.119. The van der Waals surface area contributed by atoms with Crippen LogP contribution in [-0.2, 0) is 14.3 Å². The molecule has 148 valence electrons. The highest BCUT2D eigenvalue weighted by Crippen LogP contribution is 2.31. The van der Waals surface area contributed by atoms with E-state index in [1.54, 1.807) is 6.07 Å². The number of aliphatic carboxylic acids is 2. The Balaban J connectivity index is 0.000000896. The maximum atomic E-state index is 9.10. The van der Waals surface area contributed by atoms with E-state index < -0.39 is 11.9 Å². The molecule has 0 aromatic heterocycles. The first kappa shape index (κ1) is 24.5. The Morgan fingerprint density at radius 3 is 2.12 bits per heavy atom. The van der Waals surface area contributed by atoms with Crippen LogP contribution in [0.25, 0.3) is 0 Å². The number of nitrogens with one attached hydrogen (secondary N) is 1. The van der Waals surface area contributed by atoms with Crippen molar-refractivity contribution in [1.29, 1.82) is 0 Å². The molecule has 26 heavy (non-hydrogen) atoms. The fourth-order valence-electron chi connectivity index (χ4n) is 1.67. The maximum Gasteiger partial charge on any atom is 0.414 e. The van der Waals surface area contributed by atoms with Crippen LogP contribution in [0.5, 0.6) is 5.75 Å². The van der Waals surface area contributed by atoms with Gasteiger partial charge in [-0.15, -0.1) is 0 Å². The van der Waals surface area contributed by atoms with Crippen molar-refractivity contribution in [3.05, 3.63) is 27.7 Å². The summed E-state index contributed by atoms with van der Waals surface area (Å²) >= 11 is 12.0. The number of rotatable bonds is 7. The summed E-state index contributed by atoms with van der Waals surface area (Å²) in [6.07, 6.45) is 0. The monoisotopic (exact) mass is 409 g/mol. The lowest BCUT2D eigenvalue weighted by molar-refractivity contribution is -0.159. The predicted octanol–water partition coefficient (Wildman–Crippen LogP) is 3.24. The number of benzene rings is 1. The van der Waals surface area contributed by atoms with Gasteiger partial charge in [-0.05, 0) is 45.4 Å². The summed E-state index contributed by atoms with van der Waals surface area (Å²) < 4.78 is 11.1. The van der Waals surface area contributed by atoms with Crippen LogP contribution in [0.4, 0.5) is 0 Å². The third kappa shape index (κ3) is 11.9.